The van der Waals surface area contributed by atoms with Crippen molar-refractivity contribution in [3.63, 3.8) is 0 Å². The first-order valence-electron chi connectivity index (χ1n) is 6.44. The van der Waals surface area contributed by atoms with Gasteiger partial charge in [0.15, 0.2) is 5.41 Å². The lowest BCUT2D eigenvalue weighted by Crippen LogP contribution is -2.47. The minimum Gasteiger partial charge on any atom is -0.481 e. The van der Waals surface area contributed by atoms with E-state index in [1.807, 2.05) is 0 Å². The van der Waals surface area contributed by atoms with Gasteiger partial charge < -0.3 is 10.0 Å². The van der Waals surface area contributed by atoms with E-state index >= 15 is 0 Å². The summed E-state index contributed by atoms with van der Waals surface area (Å²) >= 11 is 5.80. The molecule has 1 heterocycles. The lowest BCUT2D eigenvalue weighted by molar-refractivity contribution is -0.227. The average molecular weight is 336 g/mol. The lowest BCUT2D eigenvalue weighted by atomic mass is 9.86. The minimum atomic E-state index is -4.92. The average Bonchev–Trinajstić information content (AvgIpc) is 2.87. The first-order valence-corrected chi connectivity index (χ1v) is 6.82. The molecule has 22 heavy (non-hydrogen) atoms. The van der Waals surface area contributed by atoms with Crippen molar-refractivity contribution in [2.75, 3.05) is 13.1 Å². The maximum atomic E-state index is 13.1. The third kappa shape index (κ3) is 2.65. The van der Waals surface area contributed by atoms with Crippen LogP contribution in [0.3, 0.4) is 0 Å². The molecule has 1 fully saturated rings. The Morgan fingerprint density at radius 3 is 2.50 bits per heavy atom. The second-order valence-corrected chi connectivity index (χ2v) is 5.76. The maximum absolute atomic E-state index is 13.1. The number of likely N-dealkylation sites (tertiary alicyclic amines) is 1. The van der Waals surface area contributed by atoms with E-state index in [1.54, 1.807) is 19.1 Å². The predicted octanol–water partition coefficient (Wildman–Crippen LogP) is 3.13. The molecule has 4 nitrogen and oxygen atoms in total. The summed E-state index contributed by atoms with van der Waals surface area (Å²) in [5.74, 6) is -2.61. The van der Waals surface area contributed by atoms with Crippen LogP contribution in [0.25, 0.3) is 0 Å². The van der Waals surface area contributed by atoms with Gasteiger partial charge in [0.05, 0.1) is 0 Å². The van der Waals surface area contributed by atoms with Crippen molar-refractivity contribution in [3.05, 3.63) is 34.3 Å². The van der Waals surface area contributed by atoms with E-state index in [-0.39, 0.29) is 17.1 Å². The highest BCUT2D eigenvalue weighted by Gasteiger charge is 2.64. The highest BCUT2D eigenvalue weighted by Crippen LogP contribution is 2.46. The van der Waals surface area contributed by atoms with Crippen molar-refractivity contribution in [2.24, 2.45) is 5.41 Å². The van der Waals surface area contributed by atoms with Crippen LogP contribution in [0.1, 0.15) is 22.3 Å². The first-order chi connectivity index (χ1) is 10.1. The fourth-order valence-electron chi connectivity index (χ4n) is 2.51. The third-order valence-electron chi connectivity index (χ3n) is 3.94. The van der Waals surface area contributed by atoms with Gasteiger partial charge in [-0.15, -0.1) is 0 Å². The van der Waals surface area contributed by atoms with E-state index in [9.17, 15) is 22.8 Å². The summed E-state index contributed by atoms with van der Waals surface area (Å²) in [4.78, 5) is 24.4. The van der Waals surface area contributed by atoms with Crippen LogP contribution in [0.2, 0.25) is 5.02 Å². The number of alkyl halides is 3. The second-order valence-electron chi connectivity index (χ2n) is 5.32. The van der Waals surface area contributed by atoms with E-state index in [0.29, 0.717) is 5.56 Å². The normalized spacial score (nSPS) is 22.0. The molecule has 0 aromatic heterocycles. The molecule has 1 aliphatic rings. The highest BCUT2D eigenvalue weighted by molar-refractivity contribution is 6.31. The van der Waals surface area contributed by atoms with Gasteiger partial charge in [-0.25, -0.2) is 0 Å². The molecule has 0 saturated carbocycles. The number of nitrogens with zero attached hydrogens (tertiary/aromatic N) is 1. The molecule has 1 saturated heterocycles. The van der Waals surface area contributed by atoms with Crippen molar-refractivity contribution in [3.8, 4) is 0 Å². The summed E-state index contributed by atoms with van der Waals surface area (Å²) in [5.41, 5.74) is -2.17. The van der Waals surface area contributed by atoms with Gasteiger partial charge in [0.1, 0.15) is 0 Å². The van der Waals surface area contributed by atoms with Crippen LogP contribution >= 0.6 is 11.6 Å². The maximum Gasteiger partial charge on any atom is 0.406 e. The van der Waals surface area contributed by atoms with Gasteiger partial charge in [-0.05, 0) is 31.0 Å². The van der Waals surface area contributed by atoms with Crippen molar-refractivity contribution in [1.29, 1.82) is 0 Å². The van der Waals surface area contributed by atoms with Gasteiger partial charge in [-0.1, -0.05) is 17.7 Å². The Bertz CT molecular complexity index is 632. The van der Waals surface area contributed by atoms with Crippen LogP contribution in [0, 0.1) is 12.3 Å². The molecule has 1 aromatic rings. The number of rotatable bonds is 2. The molecule has 0 bridgehead atoms. The Kier molecular flexibility index (Phi) is 4.12. The molecular formula is C14H13ClF3NO3. The quantitative estimate of drug-likeness (QED) is 0.903. The van der Waals surface area contributed by atoms with Crippen molar-refractivity contribution in [2.45, 2.75) is 19.5 Å². The Morgan fingerprint density at radius 1 is 1.36 bits per heavy atom. The smallest absolute Gasteiger partial charge is 0.406 e. The Morgan fingerprint density at radius 2 is 2.00 bits per heavy atom. The summed E-state index contributed by atoms with van der Waals surface area (Å²) in [6.07, 6.45) is -5.57. The number of halogens is 4. The van der Waals surface area contributed by atoms with Crippen LogP contribution in [-0.2, 0) is 4.79 Å². The number of carbonyl (C=O) groups excluding carboxylic acids is 1. The standard InChI is InChI=1S/C14H13ClF3NO3/c1-8-2-3-9(15)6-10(8)11(20)19-5-4-13(7-19,12(21)22)14(16,17)18/h2-3,6H,4-5,7H2,1H3,(H,21,22). The molecule has 8 heteroatoms. The summed E-state index contributed by atoms with van der Waals surface area (Å²) in [6.45, 7) is 0.473. The van der Waals surface area contributed by atoms with E-state index in [0.717, 1.165) is 4.90 Å². The number of benzene rings is 1. The van der Waals surface area contributed by atoms with Crippen LogP contribution in [0.15, 0.2) is 18.2 Å². The van der Waals surface area contributed by atoms with Crippen LogP contribution < -0.4 is 0 Å². The van der Waals surface area contributed by atoms with E-state index < -0.39 is 36.4 Å². The van der Waals surface area contributed by atoms with Gasteiger partial charge in [-0.3, -0.25) is 9.59 Å². The fraction of sp³-hybridized carbons (Fsp3) is 0.429. The van der Waals surface area contributed by atoms with Gasteiger partial charge in [-0.2, -0.15) is 13.2 Å². The molecule has 0 radical (unpaired) electrons. The minimum absolute atomic E-state index is 0.177. The van der Waals surface area contributed by atoms with Gasteiger partial charge in [0.25, 0.3) is 5.91 Å². The monoisotopic (exact) mass is 335 g/mol. The third-order valence-corrected chi connectivity index (χ3v) is 4.17. The largest absolute Gasteiger partial charge is 0.481 e. The Balaban J connectivity index is 2.31. The second kappa shape index (κ2) is 5.46. The molecular weight excluding hydrogens is 323 g/mol. The molecule has 120 valence electrons. The van der Waals surface area contributed by atoms with Crippen LogP contribution in [0.4, 0.5) is 13.2 Å². The lowest BCUT2D eigenvalue weighted by Gasteiger charge is -2.27. The highest BCUT2D eigenvalue weighted by atomic mass is 35.5. The van der Waals surface area contributed by atoms with Gasteiger partial charge in [0, 0.05) is 23.7 Å². The topological polar surface area (TPSA) is 57.6 Å². The first kappa shape index (κ1) is 16.6. The zero-order chi connectivity index (χ0) is 16.7. The zero-order valence-electron chi connectivity index (χ0n) is 11.6. The molecule has 0 spiro atoms. The number of carboxylic acids is 1. The molecule has 1 aromatic carbocycles. The Hall–Kier alpha value is -1.76. The number of aliphatic carboxylic acids is 1. The zero-order valence-corrected chi connectivity index (χ0v) is 12.3. The SMILES string of the molecule is Cc1ccc(Cl)cc1C(=O)N1CCC(C(=O)O)(C(F)(F)F)C1. The van der Waals surface area contributed by atoms with E-state index in [1.165, 1.54) is 6.07 Å². The van der Waals surface area contributed by atoms with Gasteiger partial charge >= 0.3 is 12.1 Å². The summed E-state index contributed by atoms with van der Waals surface area (Å²) < 4.78 is 39.3. The van der Waals surface area contributed by atoms with E-state index in [4.69, 9.17) is 16.7 Å². The van der Waals surface area contributed by atoms with E-state index in [2.05, 4.69) is 0 Å². The number of amides is 1. The van der Waals surface area contributed by atoms with Crippen LogP contribution in [-0.4, -0.2) is 41.1 Å². The number of aryl methyl sites for hydroxylation is 1. The van der Waals surface area contributed by atoms with Gasteiger partial charge in [0.2, 0.25) is 0 Å². The summed E-state index contributed by atoms with van der Waals surface area (Å²) in [7, 11) is 0. The fourth-order valence-corrected chi connectivity index (χ4v) is 2.68. The molecule has 1 unspecified atom stereocenters. The number of hydrogen-bond donors (Lipinski definition) is 1. The Labute approximate surface area is 129 Å². The number of carbonyl (C=O) groups is 2. The molecule has 2 rings (SSSR count). The summed E-state index contributed by atoms with van der Waals surface area (Å²) in [5, 5.41) is 9.27. The summed E-state index contributed by atoms with van der Waals surface area (Å²) in [6, 6.07) is 4.52. The predicted molar refractivity (Wildman–Crippen MR) is 72.8 cm³/mol. The molecule has 1 amide bonds. The number of carboxylic acid groups (broad SMARTS) is 1. The molecule has 0 aliphatic carbocycles. The molecule has 1 atom stereocenters. The van der Waals surface area contributed by atoms with Crippen molar-refractivity contribution in [1.82, 2.24) is 4.90 Å². The number of hydrogen-bond acceptors (Lipinski definition) is 2. The molecule has 1 N–H and O–H groups in total. The van der Waals surface area contributed by atoms with Crippen molar-refractivity contribution >= 4 is 23.5 Å². The molecule has 1 aliphatic heterocycles. The van der Waals surface area contributed by atoms with Crippen molar-refractivity contribution < 1.29 is 27.9 Å². The van der Waals surface area contributed by atoms with Crippen LogP contribution in [0.5, 0.6) is 0 Å².